The van der Waals surface area contributed by atoms with E-state index in [1.165, 1.54) is 11.1 Å². The number of aromatic nitrogens is 2. The fraction of sp³-hybridized carbons (Fsp3) is 0.257. The quantitative estimate of drug-likeness (QED) is 0.187. The van der Waals surface area contributed by atoms with Crippen LogP contribution in [0.1, 0.15) is 62.4 Å². The number of para-hydroxylation sites is 1. The van der Waals surface area contributed by atoms with Gasteiger partial charge in [-0.1, -0.05) is 76.6 Å². The summed E-state index contributed by atoms with van der Waals surface area (Å²) >= 11 is 0. The molecule has 0 saturated heterocycles. The van der Waals surface area contributed by atoms with Crippen LogP contribution in [-0.2, 0) is 31.9 Å². The fourth-order valence-corrected chi connectivity index (χ4v) is 5.83. The summed E-state index contributed by atoms with van der Waals surface area (Å²) in [4.78, 5) is 12.0. The zero-order chi connectivity index (χ0) is 27.7. The number of hydrogen-bond donors (Lipinski definition) is 1. The molecule has 0 bridgehead atoms. The van der Waals surface area contributed by atoms with Crippen LogP contribution in [0.5, 0.6) is 5.75 Å². The number of aromatic hydroxyl groups is 1. The molecule has 4 nitrogen and oxygen atoms in total. The van der Waals surface area contributed by atoms with E-state index in [0.717, 1.165) is 50.5 Å². The second-order valence-corrected chi connectivity index (χ2v) is 12.2. The molecule has 0 amide bonds. The number of rotatable bonds is 2. The number of fused-ring (bicyclic) bond motifs is 3. The van der Waals surface area contributed by atoms with E-state index in [2.05, 4.69) is 114 Å². The molecule has 1 N–H and O–H groups in total. The minimum atomic E-state index is -0.213. The Labute approximate surface area is 251 Å². The molecule has 0 aliphatic carbocycles. The maximum absolute atomic E-state index is 11.3. The van der Waals surface area contributed by atoms with E-state index in [4.69, 9.17) is 9.97 Å². The summed E-state index contributed by atoms with van der Waals surface area (Å²) in [6.07, 6.45) is 1.86. The summed E-state index contributed by atoms with van der Waals surface area (Å²) in [5.41, 5.74) is 9.55. The maximum atomic E-state index is 11.3. The number of pyridine rings is 2. The van der Waals surface area contributed by atoms with E-state index >= 15 is 0 Å². The first kappa shape index (κ1) is 28.1. The van der Waals surface area contributed by atoms with Gasteiger partial charge in [0.2, 0.25) is 0 Å². The van der Waals surface area contributed by atoms with Gasteiger partial charge in [-0.05, 0) is 70.9 Å². The molecule has 1 aliphatic rings. The van der Waals surface area contributed by atoms with Gasteiger partial charge in [-0.2, -0.15) is 0 Å². The molecule has 5 aromatic rings. The molecule has 0 spiro atoms. The van der Waals surface area contributed by atoms with Gasteiger partial charge in [0.05, 0.1) is 0 Å². The Morgan fingerprint density at radius 1 is 0.900 bits per heavy atom. The summed E-state index contributed by atoms with van der Waals surface area (Å²) < 4.78 is 0. The fourth-order valence-electron chi connectivity index (χ4n) is 5.83. The van der Waals surface area contributed by atoms with Crippen molar-refractivity contribution in [1.82, 2.24) is 9.97 Å². The van der Waals surface area contributed by atoms with Crippen molar-refractivity contribution in [3.63, 3.8) is 0 Å². The van der Waals surface area contributed by atoms with Crippen LogP contribution in [0.4, 0.5) is 17.2 Å². The van der Waals surface area contributed by atoms with Crippen LogP contribution < -0.4 is 4.90 Å². The van der Waals surface area contributed by atoms with Crippen molar-refractivity contribution >= 4 is 28.1 Å². The van der Waals surface area contributed by atoms with Gasteiger partial charge in [0, 0.05) is 43.9 Å². The number of benzene rings is 3. The Bertz CT molecular complexity index is 1770. The van der Waals surface area contributed by atoms with E-state index in [1.807, 2.05) is 18.3 Å². The molecule has 5 heteroatoms. The topological polar surface area (TPSA) is 49.2 Å². The molecule has 3 heterocycles. The van der Waals surface area contributed by atoms with Gasteiger partial charge in [0.1, 0.15) is 17.1 Å². The molecule has 0 radical (unpaired) electrons. The van der Waals surface area contributed by atoms with Crippen LogP contribution in [0.3, 0.4) is 0 Å². The molecular weight excluding hydrogens is 673 g/mol. The van der Waals surface area contributed by atoms with Crippen molar-refractivity contribution in [2.24, 2.45) is 0 Å². The predicted octanol–water partition coefficient (Wildman–Crippen LogP) is 8.82. The van der Waals surface area contributed by atoms with Gasteiger partial charge in [-0.25, -0.2) is 4.98 Å². The minimum Gasteiger partial charge on any atom is -0.505 e. The summed E-state index contributed by atoms with van der Waals surface area (Å²) in [7, 11) is 0. The van der Waals surface area contributed by atoms with Gasteiger partial charge in [0.15, 0.2) is 0 Å². The Hall–Kier alpha value is -3.49. The van der Waals surface area contributed by atoms with Crippen molar-refractivity contribution in [2.75, 3.05) is 4.90 Å². The van der Waals surface area contributed by atoms with Crippen LogP contribution >= 0.6 is 0 Å². The van der Waals surface area contributed by atoms with E-state index < -0.39 is 0 Å². The monoisotopic (exact) mass is 707 g/mol. The first-order valence-corrected chi connectivity index (χ1v) is 13.5. The summed E-state index contributed by atoms with van der Waals surface area (Å²) in [5.74, 6) is 1.12. The molecule has 6 rings (SSSR count). The van der Waals surface area contributed by atoms with Gasteiger partial charge < -0.3 is 10.0 Å². The first-order chi connectivity index (χ1) is 18.5. The third-order valence-electron chi connectivity index (χ3n) is 8.01. The van der Waals surface area contributed by atoms with Gasteiger partial charge >= 0.3 is 0 Å². The molecule has 3 aromatic carbocycles. The number of phenols is 1. The molecule has 0 saturated carbocycles. The Morgan fingerprint density at radius 2 is 1.65 bits per heavy atom. The largest absolute Gasteiger partial charge is 0.505 e. The van der Waals surface area contributed by atoms with Crippen molar-refractivity contribution in [2.45, 2.75) is 59.3 Å². The number of aryl methyl sites for hydroxylation is 2. The van der Waals surface area contributed by atoms with Crippen LogP contribution in [0.25, 0.3) is 22.2 Å². The molecule has 0 fully saturated rings. The SMILES string of the molecule is Cc1ccnc(N2c3[c-]c(-c4ccc5c(C)cc(C(C)(C)C)c(O)c5n4)ccc3C(C)(C)c3ccccc32)c1.[Pt]. The van der Waals surface area contributed by atoms with Crippen molar-refractivity contribution < 1.29 is 26.2 Å². The molecule has 0 unspecified atom stereocenters. The van der Waals surface area contributed by atoms with Gasteiger partial charge in [-0.15, -0.1) is 23.8 Å². The second kappa shape index (κ2) is 9.85. The van der Waals surface area contributed by atoms with Crippen molar-refractivity contribution in [1.29, 1.82) is 0 Å². The zero-order valence-electron chi connectivity index (χ0n) is 24.0. The Kier molecular flexibility index (Phi) is 6.91. The van der Waals surface area contributed by atoms with E-state index in [0.29, 0.717) is 5.52 Å². The molecule has 1 aliphatic heterocycles. The Balaban J connectivity index is 0.00000323. The standard InChI is InChI=1S/C35H34N3O.Pt/c1-21-16-17-36-31(18-21)38-29-11-9-8-10-25(29)35(6,7)26-14-12-23(20-30(26)38)28-15-13-24-22(2)19-27(34(3,4)5)33(39)32(24)37-28;/h8-19,39H,1-7H3;/q-1;. The average molecular weight is 708 g/mol. The average Bonchev–Trinajstić information content (AvgIpc) is 2.90. The third-order valence-corrected chi connectivity index (χ3v) is 8.01. The molecule has 206 valence electrons. The number of anilines is 3. The molecular formula is C35H34N3OPt-. The summed E-state index contributed by atoms with van der Waals surface area (Å²) in [6, 6.07) is 26.9. The summed E-state index contributed by atoms with van der Waals surface area (Å²) in [5, 5.41) is 12.2. The first-order valence-electron chi connectivity index (χ1n) is 13.5. The molecule has 2 aromatic heterocycles. The van der Waals surface area contributed by atoms with Crippen LogP contribution in [0.15, 0.2) is 72.9 Å². The number of phenolic OH excluding ortho intramolecular Hbond substituents is 1. The van der Waals surface area contributed by atoms with E-state index in [-0.39, 0.29) is 37.6 Å². The minimum absolute atomic E-state index is 0. The van der Waals surface area contributed by atoms with Crippen LogP contribution in [0.2, 0.25) is 0 Å². The molecule has 40 heavy (non-hydrogen) atoms. The normalized spacial score (nSPS) is 13.9. The van der Waals surface area contributed by atoms with Crippen molar-refractivity contribution in [3.05, 3.63) is 107 Å². The Morgan fingerprint density at radius 3 is 2.38 bits per heavy atom. The van der Waals surface area contributed by atoms with Crippen LogP contribution in [-0.4, -0.2) is 15.1 Å². The molecule has 0 atom stereocenters. The van der Waals surface area contributed by atoms with E-state index in [1.54, 1.807) is 0 Å². The predicted molar refractivity (Wildman–Crippen MR) is 160 cm³/mol. The number of nitrogens with zero attached hydrogens (tertiary/aromatic N) is 3. The van der Waals surface area contributed by atoms with Gasteiger partial charge in [0.25, 0.3) is 0 Å². The zero-order valence-corrected chi connectivity index (χ0v) is 26.3. The number of hydrogen-bond acceptors (Lipinski definition) is 4. The third kappa shape index (κ3) is 4.43. The van der Waals surface area contributed by atoms with E-state index in [9.17, 15) is 5.11 Å². The summed E-state index contributed by atoms with van der Waals surface area (Å²) in [6.45, 7) is 15.0. The van der Waals surface area contributed by atoms with Crippen LogP contribution in [0, 0.1) is 19.9 Å². The smallest absolute Gasteiger partial charge is 0.144 e. The van der Waals surface area contributed by atoms with Crippen molar-refractivity contribution in [3.8, 4) is 17.0 Å². The second-order valence-electron chi connectivity index (χ2n) is 12.2. The maximum Gasteiger partial charge on any atom is 0.144 e. The van der Waals surface area contributed by atoms with Gasteiger partial charge in [-0.3, -0.25) is 4.98 Å².